The van der Waals surface area contributed by atoms with Gasteiger partial charge in [-0.15, -0.1) is 0 Å². The van der Waals surface area contributed by atoms with Crippen LogP contribution >= 0.6 is 0 Å². The standard InChI is InChI=1S/C23H22O8/c1-26-19-9-16(10-20(27-2)22(19)28-3)23(25)31-13-17-11-18(24)21(14-29-17)30-12-15-7-5-4-6-8-15/h4-11,14H,12-13H2,1-3H3. The predicted molar refractivity (Wildman–Crippen MR) is 111 cm³/mol. The van der Waals surface area contributed by atoms with E-state index in [1.54, 1.807) is 0 Å². The van der Waals surface area contributed by atoms with Crippen LogP contribution in [0.4, 0.5) is 0 Å². The molecule has 3 aromatic rings. The number of rotatable bonds is 9. The third kappa shape index (κ3) is 5.36. The number of hydrogen-bond donors (Lipinski definition) is 0. The van der Waals surface area contributed by atoms with Gasteiger partial charge in [0.25, 0.3) is 0 Å². The lowest BCUT2D eigenvalue weighted by molar-refractivity contribution is 0.0441. The van der Waals surface area contributed by atoms with Gasteiger partial charge in [-0.05, 0) is 17.7 Å². The van der Waals surface area contributed by atoms with Gasteiger partial charge in [0.2, 0.25) is 16.9 Å². The van der Waals surface area contributed by atoms with Crippen LogP contribution < -0.4 is 24.4 Å². The SMILES string of the molecule is COc1cc(C(=O)OCc2cc(=O)c(OCc3ccccc3)co2)cc(OC)c1OC. The Labute approximate surface area is 178 Å². The number of ether oxygens (including phenoxy) is 5. The molecule has 8 heteroatoms. The summed E-state index contributed by atoms with van der Waals surface area (Å²) in [6.45, 7) is 0.00473. The number of carbonyl (C=O) groups is 1. The topological polar surface area (TPSA) is 93.4 Å². The first-order valence-corrected chi connectivity index (χ1v) is 9.31. The van der Waals surface area contributed by atoms with Crippen molar-refractivity contribution in [1.29, 1.82) is 0 Å². The fourth-order valence-electron chi connectivity index (χ4n) is 2.77. The van der Waals surface area contributed by atoms with E-state index in [1.807, 2.05) is 30.3 Å². The second-order valence-electron chi connectivity index (χ2n) is 6.34. The fourth-order valence-corrected chi connectivity index (χ4v) is 2.77. The number of hydrogen-bond acceptors (Lipinski definition) is 8. The molecule has 1 heterocycles. The lowest BCUT2D eigenvalue weighted by Crippen LogP contribution is -2.10. The van der Waals surface area contributed by atoms with Crippen molar-refractivity contribution in [2.45, 2.75) is 13.2 Å². The van der Waals surface area contributed by atoms with Crippen LogP contribution in [0.25, 0.3) is 0 Å². The van der Waals surface area contributed by atoms with E-state index in [0.29, 0.717) is 17.2 Å². The lowest BCUT2D eigenvalue weighted by atomic mass is 10.2. The summed E-state index contributed by atoms with van der Waals surface area (Å²) in [7, 11) is 4.36. The Morgan fingerprint density at radius 2 is 1.55 bits per heavy atom. The van der Waals surface area contributed by atoms with E-state index in [0.717, 1.165) is 5.56 Å². The number of esters is 1. The van der Waals surface area contributed by atoms with Crippen LogP contribution in [-0.2, 0) is 18.0 Å². The van der Waals surface area contributed by atoms with E-state index in [2.05, 4.69) is 0 Å². The van der Waals surface area contributed by atoms with E-state index in [1.165, 1.54) is 45.8 Å². The molecule has 0 fully saturated rings. The average Bonchev–Trinajstić information content (AvgIpc) is 2.81. The van der Waals surface area contributed by atoms with Gasteiger partial charge < -0.3 is 28.1 Å². The molecular formula is C23H22O8. The van der Waals surface area contributed by atoms with Gasteiger partial charge in [0.15, 0.2) is 11.5 Å². The van der Waals surface area contributed by atoms with Crippen molar-refractivity contribution in [2.75, 3.05) is 21.3 Å². The minimum Gasteiger partial charge on any atom is -0.493 e. The van der Waals surface area contributed by atoms with Crippen molar-refractivity contribution in [3.63, 3.8) is 0 Å². The largest absolute Gasteiger partial charge is 0.493 e. The number of carbonyl (C=O) groups excluding carboxylic acids is 1. The van der Waals surface area contributed by atoms with Crippen LogP contribution in [0.2, 0.25) is 0 Å². The molecule has 2 aromatic carbocycles. The van der Waals surface area contributed by atoms with Crippen LogP contribution in [0.15, 0.2) is 64.0 Å². The van der Waals surface area contributed by atoms with E-state index in [4.69, 9.17) is 28.1 Å². The van der Waals surface area contributed by atoms with Crippen molar-refractivity contribution in [2.24, 2.45) is 0 Å². The molecule has 1 aromatic heterocycles. The van der Waals surface area contributed by atoms with Crippen LogP contribution in [0.5, 0.6) is 23.0 Å². The quantitative estimate of drug-likeness (QED) is 0.479. The zero-order valence-electron chi connectivity index (χ0n) is 17.4. The van der Waals surface area contributed by atoms with Gasteiger partial charge in [0.1, 0.15) is 25.2 Å². The predicted octanol–water partition coefficient (Wildman–Crippen LogP) is 3.60. The van der Waals surface area contributed by atoms with Crippen LogP contribution in [0.1, 0.15) is 21.7 Å². The highest BCUT2D eigenvalue weighted by atomic mass is 16.5. The highest BCUT2D eigenvalue weighted by molar-refractivity contribution is 5.91. The Hall–Kier alpha value is -3.94. The van der Waals surface area contributed by atoms with E-state index >= 15 is 0 Å². The second kappa shape index (κ2) is 10.2. The molecule has 0 aliphatic carbocycles. The summed E-state index contributed by atoms with van der Waals surface area (Å²) in [6, 6.07) is 13.6. The minimum absolute atomic E-state index is 0.0727. The smallest absolute Gasteiger partial charge is 0.338 e. The van der Waals surface area contributed by atoms with Gasteiger partial charge in [0.05, 0.1) is 26.9 Å². The summed E-state index contributed by atoms with van der Waals surface area (Å²) in [5.74, 6) is 0.604. The van der Waals surface area contributed by atoms with Gasteiger partial charge in [-0.25, -0.2) is 4.79 Å². The Bertz CT molecular complexity index is 1060. The molecule has 0 unspecified atom stereocenters. The molecule has 8 nitrogen and oxygen atoms in total. The Morgan fingerprint density at radius 3 is 2.13 bits per heavy atom. The molecule has 31 heavy (non-hydrogen) atoms. The fraction of sp³-hybridized carbons (Fsp3) is 0.217. The van der Waals surface area contributed by atoms with Crippen molar-refractivity contribution in [1.82, 2.24) is 0 Å². The molecule has 3 rings (SSSR count). The zero-order valence-corrected chi connectivity index (χ0v) is 17.4. The molecule has 162 valence electrons. The normalized spacial score (nSPS) is 10.3. The second-order valence-corrected chi connectivity index (χ2v) is 6.34. The zero-order chi connectivity index (χ0) is 22.2. The monoisotopic (exact) mass is 426 g/mol. The van der Waals surface area contributed by atoms with E-state index < -0.39 is 5.97 Å². The maximum Gasteiger partial charge on any atom is 0.338 e. The van der Waals surface area contributed by atoms with E-state index in [9.17, 15) is 9.59 Å². The number of benzene rings is 2. The van der Waals surface area contributed by atoms with Crippen LogP contribution in [-0.4, -0.2) is 27.3 Å². The molecular weight excluding hydrogens is 404 g/mol. The summed E-state index contributed by atoms with van der Waals surface area (Å²) < 4.78 is 31.8. The first kappa shape index (κ1) is 21.8. The molecule has 0 spiro atoms. The summed E-state index contributed by atoms with van der Waals surface area (Å²) in [6.07, 6.45) is 1.20. The Balaban J connectivity index is 1.65. The van der Waals surface area contributed by atoms with Gasteiger partial charge in [-0.3, -0.25) is 4.79 Å². The average molecular weight is 426 g/mol. The third-order valence-corrected chi connectivity index (χ3v) is 4.34. The molecule has 0 saturated heterocycles. The molecule has 0 atom stereocenters. The van der Waals surface area contributed by atoms with Crippen molar-refractivity contribution >= 4 is 5.97 Å². The third-order valence-electron chi connectivity index (χ3n) is 4.34. The van der Waals surface area contributed by atoms with E-state index in [-0.39, 0.29) is 35.7 Å². The lowest BCUT2D eigenvalue weighted by Gasteiger charge is -2.13. The molecule has 0 N–H and O–H groups in total. The first-order chi connectivity index (χ1) is 15.0. The molecule has 0 amide bonds. The summed E-state index contributed by atoms with van der Waals surface area (Å²) >= 11 is 0. The van der Waals surface area contributed by atoms with Gasteiger partial charge in [-0.2, -0.15) is 0 Å². The highest BCUT2D eigenvalue weighted by Crippen LogP contribution is 2.38. The van der Waals surface area contributed by atoms with Crippen molar-refractivity contribution < 1.29 is 32.9 Å². The minimum atomic E-state index is -0.647. The Morgan fingerprint density at radius 1 is 0.871 bits per heavy atom. The van der Waals surface area contributed by atoms with Crippen LogP contribution in [0, 0.1) is 0 Å². The summed E-state index contributed by atoms with van der Waals surface area (Å²) in [5.41, 5.74) is 0.742. The number of methoxy groups -OCH3 is 3. The van der Waals surface area contributed by atoms with Gasteiger partial charge >= 0.3 is 5.97 Å². The molecule has 0 radical (unpaired) electrons. The molecule has 0 aliphatic rings. The maximum atomic E-state index is 12.4. The summed E-state index contributed by atoms with van der Waals surface area (Å²) in [4.78, 5) is 24.7. The van der Waals surface area contributed by atoms with Crippen molar-refractivity contribution in [3.05, 3.63) is 81.9 Å². The van der Waals surface area contributed by atoms with Crippen LogP contribution in [0.3, 0.4) is 0 Å². The molecule has 0 aliphatic heterocycles. The Kier molecular flexibility index (Phi) is 7.16. The molecule has 0 saturated carbocycles. The first-order valence-electron chi connectivity index (χ1n) is 9.31. The van der Waals surface area contributed by atoms with Crippen molar-refractivity contribution in [3.8, 4) is 23.0 Å². The maximum absolute atomic E-state index is 12.4. The molecule has 0 bridgehead atoms. The van der Waals surface area contributed by atoms with Gasteiger partial charge in [0, 0.05) is 6.07 Å². The van der Waals surface area contributed by atoms with Gasteiger partial charge in [-0.1, -0.05) is 30.3 Å². The summed E-state index contributed by atoms with van der Waals surface area (Å²) in [5, 5.41) is 0. The highest BCUT2D eigenvalue weighted by Gasteiger charge is 2.18.